The van der Waals surface area contributed by atoms with E-state index < -0.39 is 17.5 Å². The summed E-state index contributed by atoms with van der Waals surface area (Å²) in [5.74, 6) is -0.854. The zero-order valence-corrected chi connectivity index (χ0v) is 19.7. The Morgan fingerprint density at radius 3 is 2.42 bits per heavy atom. The Morgan fingerprint density at radius 1 is 0.944 bits per heavy atom. The molecule has 1 amide bonds. The highest BCUT2D eigenvalue weighted by Gasteiger charge is 2.29. The smallest absolute Gasteiger partial charge is 0.347 e. The van der Waals surface area contributed by atoms with Gasteiger partial charge >= 0.3 is 5.97 Å². The van der Waals surface area contributed by atoms with Crippen molar-refractivity contribution in [2.45, 2.75) is 32.4 Å². The molecule has 184 valence electrons. The lowest BCUT2D eigenvalue weighted by Crippen LogP contribution is -2.37. The lowest BCUT2D eigenvalue weighted by molar-refractivity contribution is -0.152. The van der Waals surface area contributed by atoms with Gasteiger partial charge in [0.1, 0.15) is 11.3 Å². The van der Waals surface area contributed by atoms with Gasteiger partial charge in [0.2, 0.25) is 5.88 Å². The first-order chi connectivity index (χ1) is 17.3. The Kier molecular flexibility index (Phi) is 7.24. The highest BCUT2D eigenvalue weighted by atomic mass is 16.6. The van der Waals surface area contributed by atoms with Crippen molar-refractivity contribution in [3.8, 4) is 17.5 Å². The van der Waals surface area contributed by atoms with Crippen LogP contribution >= 0.6 is 0 Å². The molecule has 0 saturated heterocycles. The Hall–Kier alpha value is -4.73. The highest BCUT2D eigenvalue weighted by Crippen LogP contribution is 2.25. The zero-order chi connectivity index (χ0) is 25.5. The first kappa shape index (κ1) is 24.4. The molecule has 10 nitrogen and oxygen atoms in total. The van der Waals surface area contributed by atoms with Gasteiger partial charge in [-0.1, -0.05) is 47.6 Å². The molecule has 0 spiro atoms. The van der Waals surface area contributed by atoms with Crippen LogP contribution in [0, 0.1) is 0 Å². The number of ether oxygens (including phenoxy) is 2. The maximum absolute atomic E-state index is 12.9. The number of aliphatic carboxylic acids is 1. The molecule has 4 rings (SSSR count). The summed E-state index contributed by atoms with van der Waals surface area (Å²) in [6, 6.07) is 19.7. The van der Waals surface area contributed by atoms with Crippen LogP contribution < -0.4 is 14.8 Å². The van der Waals surface area contributed by atoms with Gasteiger partial charge in [-0.25, -0.2) is 14.4 Å². The van der Waals surface area contributed by atoms with E-state index in [2.05, 4.69) is 20.6 Å². The third-order valence-corrected chi connectivity index (χ3v) is 5.21. The molecule has 36 heavy (non-hydrogen) atoms. The highest BCUT2D eigenvalue weighted by molar-refractivity contribution is 5.96. The summed E-state index contributed by atoms with van der Waals surface area (Å²) in [5, 5.41) is 19.7. The van der Waals surface area contributed by atoms with Gasteiger partial charge < -0.3 is 19.9 Å². The predicted molar refractivity (Wildman–Crippen MR) is 128 cm³/mol. The number of nitrogens with one attached hydrogen (secondary N) is 1. The largest absolute Gasteiger partial charge is 0.478 e. The average Bonchev–Trinajstić information content (AvgIpc) is 3.30. The van der Waals surface area contributed by atoms with Crippen molar-refractivity contribution < 1.29 is 28.8 Å². The van der Waals surface area contributed by atoms with Crippen LogP contribution in [0.4, 0.5) is 0 Å². The summed E-state index contributed by atoms with van der Waals surface area (Å²) in [4.78, 5) is 28.3. The lowest BCUT2D eigenvalue weighted by atomic mass is 10.1. The van der Waals surface area contributed by atoms with Crippen LogP contribution in [0.15, 0.2) is 77.6 Å². The minimum Gasteiger partial charge on any atom is -0.478 e. The van der Waals surface area contributed by atoms with Crippen LogP contribution in [0.5, 0.6) is 17.5 Å². The van der Waals surface area contributed by atoms with Gasteiger partial charge in [0, 0.05) is 19.2 Å². The van der Waals surface area contributed by atoms with E-state index in [9.17, 15) is 14.7 Å². The summed E-state index contributed by atoms with van der Waals surface area (Å²) in [6.45, 7) is 3.16. The fourth-order valence-corrected chi connectivity index (χ4v) is 3.20. The van der Waals surface area contributed by atoms with Crippen LogP contribution in [0.2, 0.25) is 0 Å². The number of carboxylic acids is 1. The van der Waals surface area contributed by atoms with E-state index in [1.165, 1.54) is 20.0 Å². The van der Waals surface area contributed by atoms with Crippen LogP contribution in [-0.4, -0.2) is 37.9 Å². The summed E-state index contributed by atoms with van der Waals surface area (Å²) in [6.07, 6.45) is 1.95. The number of carbonyl (C=O) groups is 2. The van der Waals surface area contributed by atoms with E-state index in [0.29, 0.717) is 17.9 Å². The van der Waals surface area contributed by atoms with Crippen LogP contribution in [0.1, 0.15) is 41.0 Å². The Morgan fingerprint density at radius 2 is 1.69 bits per heavy atom. The maximum atomic E-state index is 12.9. The Labute approximate surface area is 206 Å². The molecule has 2 heterocycles. The van der Waals surface area contributed by atoms with E-state index in [-0.39, 0.29) is 23.9 Å². The Balaban J connectivity index is 1.40. The van der Waals surface area contributed by atoms with Gasteiger partial charge in [0.15, 0.2) is 11.3 Å². The molecule has 0 atom stereocenters. The van der Waals surface area contributed by atoms with Crippen LogP contribution in [0.25, 0.3) is 0 Å². The van der Waals surface area contributed by atoms with Gasteiger partial charge in [0.05, 0.1) is 0 Å². The van der Waals surface area contributed by atoms with Gasteiger partial charge in [-0.05, 0) is 54.4 Å². The number of rotatable bonds is 10. The third-order valence-electron chi connectivity index (χ3n) is 5.21. The molecule has 0 fully saturated rings. The van der Waals surface area contributed by atoms with Crippen molar-refractivity contribution in [3.05, 3.63) is 95.3 Å². The Bertz CT molecular complexity index is 1340. The molecule has 0 aliphatic heterocycles. The maximum Gasteiger partial charge on any atom is 0.347 e. The second-order valence-electron chi connectivity index (χ2n) is 8.38. The number of carbonyl (C=O) groups excluding carboxylic acids is 1. The van der Waals surface area contributed by atoms with Gasteiger partial charge in [0.25, 0.3) is 11.8 Å². The summed E-state index contributed by atoms with van der Waals surface area (Å²) < 4.78 is 16.2. The van der Waals surface area contributed by atoms with E-state index in [1.54, 1.807) is 36.4 Å². The molecule has 0 radical (unpaired) electrons. The van der Waals surface area contributed by atoms with Crippen LogP contribution in [-0.2, 0) is 17.8 Å². The van der Waals surface area contributed by atoms with Crippen molar-refractivity contribution in [2.24, 2.45) is 0 Å². The van der Waals surface area contributed by atoms with E-state index >= 15 is 0 Å². The van der Waals surface area contributed by atoms with Gasteiger partial charge in [-0.2, -0.15) is 0 Å². The van der Waals surface area contributed by atoms with E-state index in [0.717, 1.165) is 11.1 Å². The van der Waals surface area contributed by atoms with Crippen molar-refractivity contribution in [3.63, 3.8) is 0 Å². The molecule has 0 aliphatic rings. The van der Waals surface area contributed by atoms with Gasteiger partial charge in [-0.3, -0.25) is 4.79 Å². The van der Waals surface area contributed by atoms with Crippen molar-refractivity contribution >= 4 is 11.9 Å². The summed E-state index contributed by atoms with van der Waals surface area (Å²) >= 11 is 0. The predicted octanol–water partition coefficient (Wildman–Crippen LogP) is 4.02. The first-order valence-corrected chi connectivity index (χ1v) is 11.1. The molecule has 0 bridgehead atoms. The fraction of sp³-hybridized carbons (Fsp3) is 0.192. The van der Waals surface area contributed by atoms with E-state index in [1.807, 2.05) is 30.3 Å². The average molecular weight is 489 g/mol. The molecule has 0 saturated carbocycles. The van der Waals surface area contributed by atoms with E-state index in [4.69, 9.17) is 14.1 Å². The monoisotopic (exact) mass is 488 g/mol. The number of amides is 1. The normalized spacial score (nSPS) is 11.1. The molecular weight excluding hydrogens is 464 g/mol. The molecule has 2 N–H and O–H groups in total. The lowest BCUT2D eigenvalue weighted by Gasteiger charge is -2.21. The molecule has 2 aromatic carbocycles. The van der Waals surface area contributed by atoms with Crippen LogP contribution in [0.3, 0.4) is 0 Å². The molecule has 0 aliphatic carbocycles. The quantitative estimate of drug-likeness (QED) is 0.339. The summed E-state index contributed by atoms with van der Waals surface area (Å²) in [7, 11) is 0. The number of hydrogen-bond acceptors (Lipinski definition) is 8. The number of pyridine rings is 1. The molecule has 4 aromatic rings. The van der Waals surface area contributed by atoms with Crippen molar-refractivity contribution in [1.29, 1.82) is 0 Å². The fourth-order valence-electron chi connectivity index (χ4n) is 3.20. The third kappa shape index (κ3) is 6.03. The van der Waals surface area contributed by atoms with Gasteiger partial charge in [-0.15, -0.1) is 0 Å². The first-order valence-electron chi connectivity index (χ1n) is 11.1. The number of nitrogens with zero attached hydrogens (tertiary/aromatic N) is 3. The SMILES string of the molecule is CC(C)(Oc1ccc(CNC(=O)c2cccnc2Oc2nonc2Cc2ccccc2)cc1)C(=O)O. The van der Waals surface area contributed by atoms with Crippen molar-refractivity contribution in [1.82, 2.24) is 20.6 Å². The van der Waals surface area contributed by atoms with Crippen molar-refractivity contribution in [2.75, 3.05) is 0 Å². The number of carboxylic acid groups (broad SMARTS) is 1. The number of benzene rings is 2. The topological polar surface area (TPSA) is 137 Å². The summed E-state index contributed by atoms with van der Waals surface area (Å²) in [5.41, 5.74) is 1.13. The second kappa shape index (κ2) is 10.7. The molecule has 10 heteroatoms. The minimum atomic E-state index is -1.35. The number of hydrogen-bond donors (Lipinski definition) is 2. The number of aromatic nitrogens is 3. The standard InChI is InChI=1S/C26H24N4O6/c1-26(2,25(32)33)35-19-12-10-18(11-13-19)16-28-22(31)20-9-6-14-27-23(20)34-24-21(29-36-30-24)15-17-7-4-3-5-8-17/h3-14H,15-16H2,1-2H3,(H,28,31)(H,32,33). The second-order valence-corrected chi connectivity index (χ2v) is 8.38. The zero-order valence-electron chi connectivity index (χ0n) is 19.7. The minimum absolute atomic E-state index is 0.0691. The molecule has 2 aromatic heterocycles. The molecular formula is C26H24N4O6. The molecule has 0 unspecified atom stereocenters.